The highest BCUT2D eigenvalue weighted by Crippen LogP contribution is 2.04. The molecule has 0 fully saturated rings. The molecule has 4 nitrogen and oxygen atoms in total. The smallest absolute Gasteiger partial charge is 0.241 e. The lowest BCUT2D eigenvalue weighted by Gasteiger charge is -2.25. The van der Waals surface area contributed by atoms with Crippen molar-refractivity contribution in [3.63, 3.8) is 0 Å². The van der Waals surface area contributed by atoms with Crippen LogP contribution in [0.15, 0.2) is 0 Å². The van der Waals surface area contributed by atoms with Gasteiger partial charge in [0.2, 0.25) is 5.91 Å². The van der Waals surface area contributed by atoms with Gasteiger partial charge in [0.1, 0.15) is 6.04 Å². The molecule has 0 aromatic carbocycles. The molecule has 102 valence electrons. The minimum atomic E-state index is -0.752. The normalized spacial score (nSPS) is 12.5. The Hall–Kier alpha value is -0.610. The van der Waals surface area contributed by atoms with Crippen molar-refractivity contribution in [2.24, 2.45) is 5.73 Å². The summed E-state index contributed by atoms with van der Waals surface area (Å²) in [5, 5.41) is 8.92. The first-order chi connectivity index (χ1) is 8.17. The van der Waals surface area contributed by atoms with E-state index in [1.807, 2.05) is 4.90 Å². The Morgan fingerprint density at radius 2 is 1.59 bits per heavy atom. The predicted molar refractivity (Wildman–Crippen MR) is 70.7 cm³/mol. The Balaban J connectivity index is 4.12. The molecule has 0 saturated heterocycles. The van der Waals surface area contributed by atoms with Crippen LogP contribution in [0.25, 0.3) is 0 Å². The van der Waals surface area contributed by atoms with Gasteiger partial charge in [-0.15, -0.1) is 0 Å². The molecule has 0 radical (unpaired) electrons. The van der Waals surface area contributed by atoms with Crippen LogP contribution < -0.4 is 5.73 Å². The molecule has 0 aromatic rings. The molecular formula is C13H28N2O2. The van der Waals surface area contributed by atoms with Gasteiger partial charge in [0, 0.05) is 13.1 Å². The highest BCUT2D eigenvalue weighted by atomic mass is 16.3. The number of amides is 1. The SMILES string of the molecule is CCCCCN(CCCCC)C(=O)C(N)CO. The molecule has 0 saturated carbocycles. The maximum Gasteiger partial charge on any atom is 0.241 e. The fourth-order valence-electron chi connectivity index (χ4n) is 1.75. The number of nitrogens with zero attached hydrogens (tertiary/aromatic N) is 1. The zero-order valence-electron chi connectivity index (χ0n) is 11.3. The van der Waals surface area contributed by atoms with E-state index in [-0.39, 0.29) is 12.5 Å². The Kier molecular flexibility index (Phi) is 10.2. The Morgan fingerprint density at radius 3 is 1.94 bits per heavy atom. The van der Waals surface area contributed by atoms with E-state index in [9.17, 15) is 4.79 Å². The van der Waals surface area contributed by atoms with Crippen LogP contribution in [0.2, 0.25) is 0 Å². The fraction of sp³-hybridized carbons (Fsp3) is 0.923. The van der Waals surface area contributed by atoms with Crippen LogP contribution in [0.3, 0.4) is 0 Å². The average Bonchev–Trinajstić information content (AvgIpc) is 2.35. The molecule has 1 unspecified atom stereocenters. The second-order valence-electron chi connectivity index (χ2n) is 4.53. The number of carbonyl (C=O) groups is 1. The monoisotopic (exact) mass is 244 g/mol. The molecule has 4 heteroatoms. The van der Waals surface area contributed by atoms with Crippen molar-refractivity contribution in [2.75, 3.05) is 19.7 Å². The van der Waals surface area contributed by atoms with Gasteiger partial charge < -0.3 is 15.7 Å². The van der Waals surface area contributed by atoms with Crippen LogP contribution in [-0.2, 0) is 4.79 Å². The Bertz CT molecular complexity index is 188. The summed E-state index contributed by atoms with van der Waals surface area (Å²) in [5.41, 5.74) is 5.58. The quantitative estimate of drug-likeness (QED) is 0.573. The van der Waals surface area contributed by atoms with Gasteiger partial charge in [-0.2, -0.15) is 0 Å². The molecule has 0 aromatic heterocycles. The number of aliphatic hydroxyl groups excluding tert-OH is 1. The first-order valence-electron chi connectivity index (χ1n) is 6.82. The largest absolute Gasteiger partial charge is 0.394 e. The summed E-state index contributed by atoms with van der Waals surface area (Å²) in [6.07, 6.45) is 6.59. The van der Waals surface area contributed by atoms with E-state index in [4.69, 9.17) is 10.8 Å². The van der Waals surface area contributed by atoms with Crippen molar-refractivity contribution in [3.8, 4) is 0 Å². The van der Waals surface area contributed by atoms with Gasteiger partial charge in [-0.1, -0.05) is 39.5 Å². The van der Waals surface area contributed by atoms with Gasteiger partial charge in [-0.25, -0.2) is 0 Å². The van der Waals surface area contributed by atoms with Crippen LogP contribution in [0.4, 0.5) is 0 Å². The van der Waals surface area contributed by atoms with Crippen LogP contribution in [0, 0.1) is 0 Å². The number of carbonyl (C=O) groups excluding carboxylic acids is 1. The summed E-state index contributed by atoms with van der Waals surface area (Å²) in [4.78, 5) is 13.7. The number of aliphatic hydroxyl groups is 1. The minimum absolute atomic E-state index is 0.111. The summed E-state index contributed by atoms with van der Waals surface area (Å²) in [7, 11) is 0. The van der Waals surface area contributed by atoms with Crippen molar-refractivity contribution in [1.82, 2.24) is 4.90 Å². The summed E-state index contributed by atoms with van der Waals surface area (Å²) in [6, 6.07) is -0.752. The third-order valence-corrected chi connectivity index (χ3v) is 2.89. The van der Waals surface area contributed by atoms with Crippen molar-refractivity contribution >= 4 is 5.91 Å². The second-order valence-corrected chi connectivity index (χ2v) is 4.53. The molecule has 0 aliphatic rings. The summed E-state index contributed by atoms with van der Waals surface area (Å²) in [5.74, 6) is -0.111. The number of hydrogen-bond acceptors (Lipinski definition) is 3. The molecule has 0 bridgehead atoms. The molecule has 0 aliphatic carbocycles. The van der Waals surface area contributed by atoms with Gasteiger partial charge in [-0.3, -0.25) is 4.79 Å². The lowest BCUT2D eigenvalue weighted by molar-refractivity contribution is -0.133. The third-order valence-electron chi connectivity index (χ3n) is 2.89. The van der Waals surface area contributed by atoms with Gasteiger partial charge in [0.05, 0.1) is 6.61 Å². The highest BCUT2D eigenvalue weighted by molar-refractivity contribution is 5.81. The predicted octanol–water partition coefficient (Wildman–Crippen LogP) is 1.51. The zero-order valence-corrected chi connectivity index (χ0v) is 11.3. The van der Waals surface area contributed by atoms with Gasteiger partial charge >= 0.3 is 0 Å². The van der Waals surface area contributed by atoms with Gasteiger partial charge in [0.25, 0.3) is 0 Å². The number of unbranched alkanes of at least 4 members (excludes halogenated alkanes) is 4. The van der Waals surface area contributed by atoms with E-state index in [2.05, 4.69) is 13.8 Å². The number of nitrogens with two attached hydrogens (primary N) is 1. The molecule has 1 atom stereocenters. The lowest BCUT2D eigenvalue weighted by atomic mass is 10.2. The fourth-order valence-corrected chi connectivity index (χ4v) is 1.75. The zero-order chi connectivity index (χ0) is 13.1. The first-order valence-corrected chi connectivity index (χ1v) is 6.82. The van der Waals surface area contributed by atoms with Crippen molar-refractivity contribution in [2.45, 2.75) is 58.4 Å². The number of hydrogen-bond donors (Lipinski definition) is 2. The topological polar surface area (TPSA) is 66.6 Å². The van der Waals surface area contributed by atoms with E-state index in [0.717, 1.165) is 51.6 Å². The summed E-state index contributed by atoms with van der Waals surface area (Å²) < 4.78 is 0. The molecule has 17 heavy (non-hydrogen) atoms. The minimum Gasteiger partial charge on any atom is -0.394 e. The first kappa shape index (κ1) is 16.4. The van der Waals surface area contributed by atoms with E-state index in [0.29, 0.717) is 0 Å². The van der Waals surface area contributed by atoms with Gasteiger partial charge in [0.15, 0.2) is 0 Å². The van der Waals surface area contributed by atoms with Crippen molar-refractivity contribution in [1.29, 1.82) is 0 Å². The van der Waals surface area contributed by atoms with Crippen LogP contribution in [0.1, 0.15) is 52.4 Å². The van der Waals surface area contributed by atoms with Crippen molar-refractivity contribution in [3.05, 3.63) is 0 Å². The Labute approximate surface area is 105 Å². The summed E-state index contributed by atoms with van der Waals surface area (Å²) in [6.45, 7) is 5.55. The third kappa shape index (κ3) is 7.34. The molecular weight excluding hydrogens is 216 g/mol. The van der Waals surface area contributed by atoms with Crippen LogP contribution in [0.5, 0.6) is 0 Å². The standard InChI is InChI=1S/C13H28N2O2/c1-3-5-7-9-15(10-8-6-4-2)13(17)12(14)11-16/h12,16H,3-11,14H2,1-2H3. The Morgan fingerprint density at radius 1 is 1.12 bits per heavy atom. The lowest BCUT2D eigenvalue weighted by Crippen LogP contribution is -2.46. The molecule has 0 rings (SSSR count). The summed E-state index contributed by atoms with van der Waals surface area (Å²) >= 11 is 0. The molecule has 1 amide bonds. The maximum atomic E-state index is 11.9. The molecule has 0 aliphatic heterocycles. The second kappa shape index (κ2) is 10.5. The van der Waals surface area contributed by atoms with E-state index < -0.39 is 6.04 Å². The van der Waals surface area contributed by atoms with E-state index in [1.165, 1.54) is 0 Å². The molecule has 0 spiro atoms. The average molecular weight is 244 g/mol. The maximum absolute atomic E-state index is 11.9. The van der Waals surface area contributed by atoms with Crippen molar-refractivity contribution < 1.29 is 9.90 Å². The van der Waals surface area contributed by atoms with Gasteiger partial charge in [-0.05, 0) is 12.8 Å². The molecule has 3 N–H and O–H groups in total. The van der Waals surface area contributed by atoms with E-state index >= 15 is 0 Å². The highest BCUT2D eigenvalue weighted by Gasteiger charge is 2.19. The molecule has 0 heterocycles. The van der Waals surface area contributed by atoms with Crippen LogP contribution in [-0.4, -0.2) is 41.7 Å². The van der Waals surface area contributed by atoms with E-state index in [1.54, 1.807) is 0 Å². The number of rotatable bonds is 10. The van der Waals surface area contributed by atoms with Crippen LogP contribution >= 0.6 is 0 Å².